The summed E-state index contributed by atoms with van der Waals surface area (Å²) in [5.41, 5.74) is 1.83. The Morgan fingerprint density at radius 2 is 1.97 bits per heavy atom. The number of pyridine rings is 1. The average molecular weight is 444 g/mol. The predicted molar refractivity (Wildman–Crippen MR) is 116 cm³/mol. The van der Waals surface area contributed by atoms with E-state index in [4.69, 9.17) is 0 Å². The normalized spacial score (nSPS) is 26.1. The fourth-order valence-electron chi connectivity index (χ4n) is 4.91. The summed E-state index contributed by atoms with van der Waals surface area (Å²) in [7, 11) is 1.57. The monoisotopic (exact) mass is 443 g/mol. The fourth-order valence-corrected chi connectivity index (χ4v) is 4.91. The van der Waals surface area contributed by atoms with Crippen molar-refractivity contribution in [1.29, 1.82) is 0 Å². The van der Waals surface area contributed by atoms with E-state index in [9.17, 15) is 13.6 Å². The second kappa shape index (κ2) is 7.91. The number of anilines is 3. The summed E-state index contributed by atoms with van der Waals surface area (Å²) in [6.45, 7) is 3.90. The molecular weight excluding hydrogens is 416 g/mol. The number of rotatable bonds is 6. The molecule has 2 bridgehead atoms. The Morgan fingerprint density at radius 1 is 1.25 bits per heavy atom. The minimum absolute atomic E-state index is 0.0338. The van der Waals surface area contributed by atoms with E-state index < -0.39 is 11.8 Å². The van der Waals surface area contributed by atoms with Gasteiger partial charge in [0.1, 0.15) is 11.5 Å². The number of fused-ring (bicyclic) bond motifs is 2. The van der Waals surface area contributed by atoms with Crippen molar-refractivity contribution in [1.82, 2.24) is 25.2 Å². The molecule has 3 fully saturated rings. The van der Waals surface area contributed by atoms with E-state index >= 15 is 0 Å². The van der Waals surface area contributed by atoms with Gasteiger partial charge in [0.2, 0.25) is 5.95 Å². The number of alkyl halides is 2. The van der Waals surface area contributed by atoms with Gasteiger partial charge >= 0.3 is 0 Å². The number of amides is 1. The van der Waals surface area contributed by atoms with Crippen molar-refractivity contribution in [2.75, 3.05) is 36.9 Å². The molecule has 2 aromatic rings. The van der Waals surface area contributed by atoms with Gasteiger partial charge in [0, 0.05) is 57.3 Å². The maximum atomic E-state index is 13.4. The van der Waals surface area contributed by atoms with Gasteiger partial charge < -0.3 is 15.5 Å². The molecule has 3 atom stereocenters. The highest BCUT2D eigenvalue weighted by molar-refractivity contribution is 5.93. The van der Waals surface area contributed by atoms with Crippen molar-refractivity contribution in [2.24, 2.45) is 5.92 Å². The molecule has 3 aliphatic rings. The molecule has 1 aliphatic carbocycles. The topological polar surface area (TPSA) is 86.3 Å². The molecule has 0 aromatic carbocycles. The van der Waals surface area contributed by atoms with Crippen molar-refractivity contribution in [3.05, 3.63) is 35.8 Å². The molecule has 170 valence electrons. The molecule has 0 unspecified atom stereocenters. The van der Waals surface area contributed by atoms with Crippen molar-refractivity contribution >= 4 is 23.4 Å². The summed E-state index contributed by atoms with van der Waals surface area (Å²) in [6.07, 6.45) is 5.41. The molecule has 1 saturated carbocycles. The van der Waals surface area contributed by atoms with Gasteiger partial charge in [-0.05, 0) is 37.5 Å². The van der Waals surface area contributed by atoms with Crippen LogP contribution in [-0.4, -0.2) is 70.4 Å². The summed E-state index contributed by atoms with van der Waals surface area (Å²) in [5, 5.41) is 5.74. The molecule has 2 N–H and O–H groups in total. The first-order valence-corrected chi connectivity index (χ1v) is 11.0. The van der Waals surface area contributed by atoms with E-state index in [1.165, 1.54) is 0 Å². The number of halogens is 2. The third-order valence-corrected chi connectivity index (χ3v) is 6.76. The van der Waals surface area contributed by atoms with Gasteiger partial charge in [-0.3, -0.25) is 9.69 Å². The van der Waals surface area contributed by atoms with Crippen LogP contribution >= 0.6 is 0 Å². The summed E-state index contributed by atoms with van der Waals surface area (Å²) >= 11 is 0. The van der Waals surface area contributed by atoms with Crippen molar-refractivity contribution in [3.8, 4) is 0 Å². The molecule has 5 rings (SSSR count). The Kier molecular flexibility index (Phi) is 5.19. The Bertz CT molecular complexity index is 1020. The number of nitrogens with zero attached hydrogens (tertiary/aromatic N) is 5. The zero-order chi connectivity index (χ0) is 22.5. The lowest BCUT2D eigenvalue weighted by molar-refractivity contribution is 0.0750. The Hall–Kier alpha value is -2.88. The third kappa shape index (κ3) is 3.99. The number of aromatic nitrogens is 3. The van der Waals surface area contributed by atoms with Crippen LogP contribution in [-0.2, 0) is 0 Å². The maximum Gasteiger partial charge on any atom is 0.269 e. The number of hydrogen-bond donors (Lipinski definition) is 2. The van der Waals surface area contributed by atoms with E-state index in [0.29, 0.717) is 36.0 Å². The zero-order valence-electron chi connectivity index (χ0n) is 18.2. The number of hydrogen-bond acceptors (Lipinski definition) is 7. The van der Waals surface area contributed by atoms with E-state index in [1.54, 1.807) is 19.4 Å². The molecule has 2 aromatic heterocycles. The van der Waals surface area contributed by atoms with Gasteiger partial charge in [0.15, 0.2) is 0 Å². The quantitative estimate of drug-likeness (QED) is 0.710. The number of piperazine rings is 1. The predicted octanol–water partition coefficient (Wildman–Crippen LogP) is 2.59. The first kappa shape index (κ1) is 21.0. The average Bonchev–Trinajstić information content (AvgIpc) is 3.31. The van der Waals surface area contributed by atoms with E-state index in [2.05, 4.69) is 35.4 Å². The molecule has 2 saturated heterocycles. The smallest absolute Gasteiger partial charge is 0.269 e. The first-order chi connectivity index (χ1) is 15.3. The lowest BCUT2D eigenvalue weighted by atomic mass is 10.1. The molecule has 8 nitrogen and oxygen atoms in total. The number of carbonyl (C=O) groups excluding carboxylic acids is 1. The summed E-state index contributed by atoms with van der Waals surface area (Å²) in [5.74, 6) is -1.90. The van der Waals surface area contributed by atoms with Crippen LogP contribution in [0.25, 0.3) is 0 Å². The maximum absolute atomic E-state index is 13.4. The number of nitrogens with one attached hydrogen (secondary N) is 2. The van der Waals surface area contributed by atoms with Crippen molar-refractivity contribution in [3.63, 3.8) is 0 Å². The van der Waals surface area contributed by atoms with Crippen molar-refractivity contribution < 1.29 is 13.6 Å². The van der Waals surface area contributed by atoms with Crippen LogP contribution in [0.15, 0.2) is 24.5 Å². The Morgan fingerprint density at radius 3 is 2.59 bits per heavy atom. The summed E-state index contributed by atoms with van der Waals surface area (Å²) < 4.78 is 26.8. The minimum Gasteiger partial charge on any atom is -0.354 e. The first-order valence-electron chi connectivity index (χ1n) is 11.0. The standard InChI is InChI=1S/C22H27F2N7O/c1-13-7-15(9-27-19(13)20(32)25-2)28-21-26-6-5-18(29-21)30-11-16-3-4-17(12-30)31(16)10-14-8-22(14,23)24/h5-7,9,14,16-17H,3-4,8,10-12H2,1-2H3,(H,25,32)(H,26,28,29)/t14-,16-,17+/m1/s1. The molecule has 0 radical (unpaired) electrons. The second-order valence-corrected chi connectivity index (χ2v) is 8.98. The lowest BCUT2D eigenvalue weighted by Gasteiger charge is -2.41. The van der Waals surface area contributed by atoms with Crippen LogP contribution in [0.2, 0.25) is 0 Å². The number of carbonyl (C=O) groups is 1. The molecular formula is C22H27F2N7O. The highest BCUT2D eigenvalue weighted by Crippen LogP contribution is 2.50. The van der Waals surface area contributed by atoms with Crippen LogP contribution < -0.4 is 15.5 Å². The van der Waals surface area contributed by atoms with Crippen LogP contribution in [0.5, 0.6) is 0 Å². The highest BCUT2D eigenvalue weighted by atomic mass is 19.3. The fraction of sp³-hybridized carbons (Fsp3) is 0.545. The SMILES string of the molecule is CNC(=O)c1ncc(Nc2nccc(N3C[C@H]4CC[C@@H](C3)N4C[C@H]3CC3(F)F)n2)cc1C. The van der Waals surface area contributed by atoms with E-state index in [-0.39, 0.29) is 12.3 Å². The van der Waals surface area contributed by atoms with Crippen LogP contribution in [0.3, 0.4) is 0 Å². The lowest BCUT2D eigenvalue weighted by Crippen LogP contribution is -2.54. The molecule has 0 spiro atoms. The van der Waals surface area contributed by atoms with Gasteiger partial charge in [0.25, 0.3) is 11.8 Å². The Balaban J connectivity index is 1.26. The third-order valence-electron chi connectivity index (χ3n) is 6.76. The molecule has 2 aliphatic heterocycles. The summed E-state index contributed by atoms with van der Waals surface area (Å²) in [6, 6.07) is 4.30. The van der Waals surface area contributed by atoms with Gasteiger partial charge in [-0.2, -0.15) is 4.98 Å². The Labute approximate surface area is 185 Å². The molecule has 1 amide bonds. The van der Waals surface area contributed by atoms with Gasteiger partial charge in [-0.1, -0.05) is 0 Å². The van der Waals surface area contributed by atoms with E-state index in [1.807, 2.05) is 19.1 Å². The zero-order valence-corrected chi connectivity index (χ0v) is 18.2. The molecule has 4 heterocycles. The highest BCUT2D eigenvalue weighted by Gasteiger charge is 2.58. The largest absolute Gasteiger partial charge is 0.354 e. The van der Waals surface area contributed by atoms with E-state index in [0.717, 1.165) is 37.3 Å². The summed E-state index contributed by atoms with van der Waals surface area (Å²) in [4.78, 5) is 29.6. The van der Waals surface area contributed by atoms with Gasteiger partial charge in [0.05, 0.1) is 11.9 Å². The minimum atomic E-state index is -2.46. The van der Waals surface area contributed by atoms with Crippen LogP contribution in [0, 0.1) is 12.8 Å². The van der Waals surface area contributed by atoms with Gasteiger partial charge in [-0.15, -0.1) is 0 Å². The number of aryl methyl sites for hydroxylation is 1. The molecule has 32 heavy (non-hydrogen) atoms. The second-order valence-electron chi connectivity index (χ2n) is 8.98. The molecule has 10 heteroatoms. The van der Waals surface area contributed by atoms with Crippen LogP contribution in [0.4, 0.5) is 26.2 Å². The van der Waals surface area contributed by atoms with Crippen LogP contribution in [0.1, 0.15) is 35.3 Å². The van der Waals surface area contributed by atoms with Gasteiger partial charge in [-0.25, -0.2) is 18.7 Å². The van der Waals surface area contributed by atoms with Crippen molar-refractivity contribution in [2.45, 2.75) is 44.2 Å².